The Hall–Kier alpha value is -1.45. The Morgan fingerprint density at radius 3 is 2.75 bits per heavy atom. The van der Waals surface area contributed by atoms with Crippen LogP contribution in [-0.2, 0) is 6.54 Å². The van der Waals surface area contributed by atoms with E-state index in [9.17, 15) is 0 Å². The molecule has 0 bridgehead atoms. The Morgan fingerprint density at radius 1 is 1.20 bits per heavy atom. The molecule has 0 aliphatic heterocycles. The third-order valence-corrected chi connectivity index (χ3v) is 3.44. The fourth-order valence-corrected chi connectivity index (χ4v) is 2.60. The topological polar surface area (TPSA) is 42.1 Å². The average molecular weight is 271 g/mol. The second-order valence-electron chi connectivity index (χ2n) is 5.76. The number of nitrogens with zero attached hydrogens (tertiary/aromatic N) is 2. The van der Waals surface area contributed by atoms with E-state index in [1.54, 1.807) is 0 Å². The third-order valence-electron chi connectivity index (χ3n) is 3.44. The zero-order valence-electron chi connectivity index (χ0n) is 12.5. The van der Waals surface area contributed by atoms with Crippen LogP contribution >= 0.6 is 0 Å². The van der Waals surface area contributed by atoms with E-state index in [4.69, 9.17) is 5.73 Å². The van der Waals surface area contributed by atoms with Crippen molar-refractivity contribution in [2.45, 2.75) is 26.8 Å². The summed E-state index contributed by atoms with van der Waals surface area (Å²) in [5.41, 5.74) is 8.09. The summed E-state index contributed by atoms with van der Waals surface area (Å²) in [5, 5.41) is 1.26. The Bertz CT molecular complexity index is 531. The van der Waals surface area contributed by atoms with Crippen molar-refractivity contribution in [3.05, 3.63) is 42.1 Å². The van der Waals surface area contributed by atoms with Gasteiger partial charge in [-0.3, -0.25) is 9.88 Å². The molecule has 0 aliphatic rings. The van der Waals surface area contributed by atoms with Crippen molar-refractivity contribution < 1.29 is 0 Å². The van der Waals surface area contributed by atoms with Crippen LogP contribution in [0.2, 0.25) is 0 Å². The Balaban J connectivity index is 2.18. The fourth-order valence-electron chi connectivity index (χ4n) is 2.60. The SMILES string of the molecule is CC(C)CN(CCCN)Cc1ccnc2ccccc12. The molecular formula is C17H25N3. The minimum atomic E-state index is 0.667. The lowest BCUT2D eigenvalue weighted by molar-refractivity contribution is 0.235. The largest absolute Gasteiger partial charge is 0.330 e. The van der Waals surface area contributed by atoms with E-state index in [2.05, 4.69) is 48.0 Å². The normalized spacial score (nSPS) is 11.7. The Morgan fingerprint density at radius 2 is 2.00 bits per heavy atom. The van der Waals surface area contributed by atoms with Crippen molar-refractivity contribution in [1.82, 2.24) is 9.88 Å². The number of benzene rings is 1. The van der Waals surface area contributed by atoms with E-state index in [0.29, 0.717) is 5.92 Å². The van der Waals surface area contributed by atoms with Gasteiger partial charge in [0.15, 0.2) is 0 Å². The first-order valence-electron chi connectivity index (χ1n) is 7.45. The van der Waals surface area contributed by atoms with Crippen LogP contribution in [0.4, 0.5) is 0 Å². The van der Waals surface area contributed by atoms with Gasteiger partial charge in [0.2, 0.25) is 0 Å². The van der Waals surface area contributed by atoms with Crippen molar-refractivity contribution in [3.8, 4) is 0 Å². The molecule has 0 aliphatic carbocycles. The molecule has 1 aromatic heterocycles. The number of nitrogens with two attached hydrogens (primary N) is 1. The standard InChI is InChI=1S/C17H25N3/c1-14(2)12-20(11-5-9-18)13-15-8-10-19-17-7-4-3-6-16(15)17/h3-4,6-8,10,14H,5,9,11-13,18H2,1-2H3. The first-order valence-corrected chi connectivity index (χ1v) is 7.45. The highest BCUT2D eigenvalue weighted by Gasteiger charge is 2.10. The van der Waals surface area contributed by atoms with Crippen molar-refractivity contribution in [2.75, 3.05) is 19.6 Å². The van der Waals surface area contributed by atoms with Crippen LogP contribution in [0.3, 0.4) is 0 Å². The zero-order chi connectivity index (χ0) is 14.4. The van der Waals surface area contributed by atoms with Crippen molar-refractivity contribution in [1.29, 1.82) is 0 Å². The van der Waals surface area contributed by atoms with Gasteiger partial charge in [0.05, 0.1) is 5.52 Å². The molecule has 0 saturated carbocycles. The molecule has 3 nitrogen and oxygen atoms in total. The Kier molecular flexibility index (Phi) is 5.50. The van der Waals surface area contributed by atoms with E-state index in [1.165, 1.54) is 10.9 Å². The van der Waals surface area contributed by atoms with Crippen LogP contribution in [0.1, 0.15) is 25.8 Å². The van der Waals surface area contributed by atoms with Crippen molar-refractivity contribution in [3.63, 3.8) is 0 Å². The minimum absolute atomic E-state index is 0.667. The maximum Gasteiger partial charge on any atom is 0.0705 e. The second-order valence-corrected chi connectivity index (χ2v) is 5.76. The van der Waals surface area contributed by atoms with Crippen molar-refractivity contribution >= 4 is 10.9 Å². The summed E-state index contributed by atoms with van der Waals surface area (Å²) in [6, 6.07) is 10.5. The van der Waals surface area contributed by atoms with Gasteiger partial charge in [0, 0.05) is 24.7 Å². The minimum Gasteiger partial charge on any atom is -0.330 e. The van der Waals surface area contributed by atoms with E-state index in [1.807, 2.05) is 12.3 Å². The summed E-state index contributed by atoms with van der Waals surface area (Å²) in [4.78, 5) is 6.93. The lowest BCUT2D eigenvalue weighted by atomic mass is 10.1. The second kappa shape index (κ2) is 7.36. The van der Waals surface area contributed by atoms with Crippen LogP contribution in [0.5, 0.6) is 0 Å². The average Bonchev–Trinajstić information content (AvgIpc) is 2.44. The zero-order valence-corrected chi connectivity index (χ0v) is 12.5. The van der Waals surface area contributed by atoms with Crippen LogP contribution < -0.4 is 5.73 Å². The highest BCUT2D eigenvalue weighted by Crippen LogP contribution is 2.18. The van der Waals surface area contributed by atoms with Gasteiger partial charge in [-0.1, -0.05) is 32.0 Å². The molecule has 0 atom stereocenters. The maximum absolute atomic E-state index is 5.65. The molecule has 2 rings (SSSR count). The predicted octanol–water partition coefficient (Wildman–Crippen LogP) is 3.04. The quantitative estimate of drug-likeness (QED) is 0.841. The molecule has 2 aromatic rings. The first kappa shape index (κ1) is 14.9. The lowest BCUT2D eigenvalue weighted by Crippen LogP contribution is -2.29. The number of rotatable bonds is 7. The molecule has 108 valence electrons. The molecule has 3 heteroatoms. The van der Waals surface area contributed by atoms with Crippen LogP contribution in [-0.4, -0.2) is 29.5 Å². The molecule has 0 saturated heterocycles. The highest BCUT2D eigenvalue weighted by molar-refractivity contribution is 5.81. The highest BCUT2D eigenvalue weighted by atomic mass is 15.1. The summed E-state index contributed by atoms with van der Waals surface area (Å²) in [5.74, 6) is 0.667. The van der Waals surface area contributed by atoms with Gasteiger partial charge in [0.25, 0.3) is 0 Å². The van der Waals surface area contributed by atoms with E-state index in [0.717, 1.165) is 38.1 Å². The molecular weight excluding hydrogens is 246 g/mol. The van der Waals surface area contributed by atoms with E-state index < -0.39 is 0 Å². The number of hydrogen-bond acceptors (Lipinski definition) is 3. The summed E-state index contributed by atoms with van der Waals surface area (Å²) in [6.07, 6.45) is 2.96. The molecule has 1 heterocycles. The van der Waals surface area contributed by atoms with Gasteiger partial charge in [-0.25, -0.2) is 0 Å². The molecule has 1 aromatic carbocycles. The fraction of sp³-hybridized carbons (Fsp3) is 0.471. The summed E-state index contributed by atoms with van der Waals surface area (Å²) in [7, 11) is 0. The maximum atomic E-state index is 5.65. The summed E-state index contributed by atoms with van der Waals surface area (Å²) >= 11 is 0. The molecule has 0 fully saturated rings. The predicted molar refractivity (Wildman–Crippen MR) is 85.5 cm³/mol. The van der Waals surface area contributed by atoms with Gasteiger partial charge in [-0.2, -0.15) is 0 Å². The van der Waals surface area contributed by atoms with Gasteiger partial charge in [-0.15, -0.1) is 0 Å². The molecule has 0 unspecified atom stereocenters. The summed E-state index contributed by atoms with van der Waals surface area (Å²) in [6.45, 7) is 8.43. The molecule has 0 amide bonds. The number of para-hydroxylation sites is 1. The van der Waals surface area contributed by atoms with E-state index in [-0.39, 0.29) is 0 Å². The van der Waals surface area contributed by atoms with E-state index >= 15 is 0 Å². The summed E-state index contributed by atoms with van der Waals surface area (Å²) < 4.78 is 0. The lowest BCUT2D eigenvalue weighted by Gasteiger charge is -2.24. The molecule has 20 heavy (non-hydrogen) atoms. The number of fused-ring (bicyclic) bond motifs is 1. The number of aromatic nitrogens is 1. The monoisotopic (exact) mass is 271 g/mol. The van der Waals surface area contributed by atoms with Gasteiger partial charge >= 0.3 is 0 Å². The third kappa shape index (κ3) is 4.02. The Labute approximate surface area is 121 Å². The smallest absolute Gasteiger partial charge is 0.0705 e. The molecule has 0 radical (unpaired) electrons. The van der Waals surface area contributed by atoms with Gasteiger partial charge in [-0.05, 0) is 43.1 Å². The van der Waals surface area contributed by atoms with Crippen LogP contribution in [0.25, 0.3) is 10.9 Å². The van der Waals surface area contributed by atoms with Crippen LogP contribution in [0.15, 0.2) is 36.5 Å². The molecule has 0 spiro atoms. The number of hydrogen-bond donors (Lipinski definition) is 1. The number of pyridine rings is 1. The van der Waals surface area contributed by atoms with Gasteiger partial charge in [0.1, 0.15) is 0 Å². The van der Waals surface area contributed by atoms with Gasteiger partial charge < -0.3 is 5.73 Å². The van der Waals surface area contributed by atoms with Crippen LogP contribution in [0, 0.1) is 5.92 Å². The first-order chi connectivity index (χ1) is 9.70. The van der Waals surface area contributed by atoms with Crippen molar-refractivity contribution in [2.24, 2.45) is 11.7 Å². The molecule has 2 N–H and O–H groups in total.